The summed E-state index contributed by atoms with van der Waals surface area (Å²) < 4.78 is 0. The van der Waals surface area contributed by atoms with Gasteiger partial charge in [-0.1, -0.05) is 12.1 Å². The molecular formula is C16H17N3O2. The highest BCUT2D eigenvalue weighted by molar-refractivity contribution is 6.06. The largest absolute Gasteiger partial charge is 0.397 e. The molecule has 0 saturated heterocycles. The van der Waals surface area contributed by atoms with Gasteiger partial charge in [-0.05, 0) is 36.4 Å². The molecule has 0 heterocycles. The lowest BCUT2D eigenvalue weighted by Crippen LogP contribution is -2.22. The van der Waals surface area contributed by atoms with Crippen molar-refractivity contribution in [3.8, 4) is 0 Å². The van der Waals surface area contributed by atoms with E-state index in [0.29, 0.717) is 16.9 Å². The number of carbonyl (C=O) groups excluding carboxylic acids is 2. The van der Waals surface area contributed by atoms with Gasteiger partial charge in [0.25, 0.3) is 5.91 Å². The molecule has 0 spiro atoms. The highest BCUT2D eigenvalue weighted by Gasteiger charge is 2.10. The molecule has 0 aliphatic heterocycles. The van der Waals surface area contributed by atoms with E-state index in [4.69, 9.17) is 5.73 Å². The minimum Gasteiger partial charge on any atom is -0.397 e. The third kappa shape index (κ3) is 3.39. The molecule has 5 nitrogen and oxygen atoms in total. The van der Waals surface area contributed by atoms with Gasteiger partial charge in [0.15, 0.2) is 0 Å². The van der Waals surface area contributed by atoms with Crippen LogP contribution in [-0.2, 0) is 4.79 Å². The zero-order valence-corrected chi connectivity index (χ0v) is 12.0. The number of hydrogen-bond acceptors (Lipinski definition) is 3. The number of carbonyl (C=O) groups is 2. The molecule has 0 fully saturated rings. The van der Waals surface area contributed by atoms with Gasteiger partial charge in [-0.15, -0.1) is 0 Å². The van der Waals surface area contributed by atoms with Crippen LogP contribution in [0.3, 0.4) is 0 Å². The van der Waals surface area contributed by atoms with Crippen molar-refractivity contribution in [3.05, 3.63) is 54.1 Å². The number of rotatable bonds is 3. The molecule has 0 saturated carbocycles. The molecule has 0 aliphatic carbocycles. The van der Waals surface area contributed by atoms with Crippen LogP contribution in [-0.4, -0.2) is 18.9 Å². The molecule has 0 aliphatic rings. The molecule has 0 bridgehead atoms. The number of nitrogens with two attached hydrogens (primary N) is 1. The Labute approximate surface area is 123 Å². The first-order valence-electron chi connectivity index (χ1n) is 6.49. The van der Waals surface area contributed by atoms with Gasteiger partial charge >= 0.3 is 0 Å². The summed E-state index contributed by atoms with van der Waals surface area (Å²) in [5.74, 6) is -0.311. The lowest BCUT2D eigenvalue weighted by atomic mass is 10.1. The Morgan fingerprint density at radius 3 is 2.24 bits per heavy atom. The molecule has 2 rings (SSSR count). The van der Waals surface area contributed by atoms with Crippen molar-refractivity contribution in [2.24, 2.45) is 0 Å². The minimum atomic E-state index is -0.245. The Kier molecular flexibility index (Phi) is 4.23. The van der Waals surface area contributed by atoms with E-state index in [2.05, 4.69) is 5.32 Å². The van der Waals surface area contributed by atoms with Crippen molar-refractivity contribution in [1.82, 2.24) is 0 Å². The van der Waals surface area contributed by atoms with Crippen LogP contribution in [0.25, 0.3) is 0 Å². The van der Waals surface area contributed by atoms with E-state index in [1.54, 1.807) is 55.6 Å². The molecule has 0 unspecified atom stereocenters. The SMILES string of the molecule is CC(=O)N(C)c1ccc(C(=O)Nc2ccccc2N)cc1. The quantitative estimate of drug-likeness (QED) is 0.850. The molecule has 2 amide bonds. The molecule has 2 aromatic carbocycles. The summed E-state index contributed by atoms with van der Waals surface area (Å²) in [5.41, 5.74) is 8.11. The van der Waals surface area contributed by atoms with Gasteiger partial charge in [-0.25, -0.2) is 0 Å². The highest BCUT2D eigenvalue weighted by atomic mass is 16.2. The average Bonchev–Trinajstić information content (AvgIpc) is 2.49. The van der Waals surface area contributed by atoms with E-state index < -0.39 is 0 Å². The normalized spacial score (nSPS) is 10.0. The summed E-state index contributed by atoms with van der Waals surface area (Å²) >= 11 is 0. The molecule has 0 atom stereocenters. The van der Waals surface area contributed by atoms with Crippen LogP contribution in [0.5, 0.6) is 0 Å². The predicted octanol–water partition coefficient (Wildman–Crippen LogP) is 2.50. The van der Waals surface area contributed by atoms with Gasteiger partial charge in [0.2, 0.25) is 5.91 Å². The Morgan fingerprint density at radius 2 is 1.67 bits per heavy atom. The smallest absolute Gasteiger partial charge is 0.255 e. The Morgan fingerprint density at radius 1 is 1.05 bits per heavy atom. The first-order valence-corrected chi connectivity index (χ1v) is 6.49. The van der Waals surface area contributed by atoms with Crippen LogP contribution in [0.2, 0.25) is 0 Å². The number of nitrogen functional groups attached to an aromatic ring is 1. The van der Waals surface area contributed by atoms with Gasteiger partial charge < -0.3 is 16.0 Å². The number of hydrogen-bond donors (Lipinski definition) is 2. The van der Waals surface area contributed by atoms with E-state index >= 15 is 0 Å². The van der Waals surface area contributed by atoms with E-state index in [-0.39, 0.29) is 11.8 Å². The van der Waals surface area contributed by atoms with Crippen LogP contribution in [0, 0.1) is 0 Å². The lowest BCUT2D eigenvalue weighted by molar-refractivity contribution is -0.116. The highest BCUT2D eigenvalue weighted by Crippen LogP contribution is 2.19. The summed E-state index contributed by atoms with van der Waals surface area (Å²) in [5, 5.41) is 2.75. The number of benzene rings is 2. The second kappa shape index (κ2) is 6.09. The second-order valence-electron chi connectivity index (χ2n) is 4.67. The van der Waals surface area contributed by atoms with Crippen LogP contribution >= 0.6 is 0 Å². The fourth-order valence-electron chi connectivity index (χ4n) is 1.82. The molecule has 0 aromatic heterocycles. The number of para-hydroxylation sites is 2. The molecule has 5 heteroatoms. The van der Waals surface area contributed by atoms with E-state index in [1.807, 2.05) is 0 Å². The maximum absolute atomic E-state index is 12.1. The number of nitrogens with zero attached hydrogens (tertiary/aromatic N) is 1. The van der Waals surface area contributed by atoms with Crippen molar-refractivity contribution in [2.75, 3.05) is 23.0 Å². The van der Waals surface area contributed by atoms with Crippen molar-refractivity contribution >= 4 is 28.9 Å². The molecular weight excluding hydrogens is 266 g/mol. The average molecular weight is 283 g/mol. The number of anilines is 3. The first-order chi connectivity index (χ1) is 9.99. The maximum atomic E-state index is 12.1. The van der Waals surface area contributed by atoms with Gasteiger partial charge in [0.05, 0.1) is 11.4 Å². The van der Waals surface area contributed by atoms with Gasteiger partial charge in [0.1, 0.15) is 0 Å². The Hall–Kier alpha value is -2.82. The Bertz CT molecular complexity index is 665. The maximum Gasteiger partial charge on any atom is 0.255 e. The molecule has 2 aromatic rings. The van der Waals surface area contributed by atoms with Gasteiger partial charge in [-0.3, -0.25) is 9.59 Å². The van der Waals surface area contributed by atoms with Gasteiger partial charge in [-0.2, -0.15) is 0 Å². The van der Waals surface area contributed by atoms with E-state index in [1.165, 1.54) is 11.8 Å². The molecule has 108 valence electrons. The minimum absolute atomic E-state index is 0.0655. The van der Waals surface area contributed by atoms with Crippen LogP contribution in [0.1, 0.15) is 17.3 Å². The summed E-state index contributed by atoms with van der Waals surface area (Å²) in [6.07, 6.45) is 0. The monoisotopic (exact) mass is 283 g/mol. The summed E-state index contributed by atoms with van der Waals surface area (Å²) in [6, 6.07) is 13.9. The summed E-state index contributed by atoms with van der Waals surface area (Å²) in [4.78, 5) is 24.9. The second-order valence-corrected chi connectivity index (χ2v) is 4.67. The fourth-order valence-corrected chi connectivity index (χ4v) is 1.82. The van der Waals surface area contributed by atoms with Crippen LogP contribution < -0.4 is 16.0 Å². The van der Waals surface area contributed by atoms with E-state index in [0.717, 1.165) is 5.69 Å². The predicted molar refractivity (Wildman–Crippen MR) is 84.3 cm³/mol. The standard InChI is InChI=1S/C16H17N3O2/c1-11(20)19(2)13-9-7-12(8-10-13)16(21)18-15-6-4-3-5-14(15)17/h3-10H,17H2,1-2H3,(H,18,21). The van der Waals surface area contributed by atoms with Crippen LogP contribution in [0.4, 0.5) is 17.1 Å². The summed E-state index contributed by atoms with van der Waals surface area (Å²) in [7, 11) is 1.68. The van der Waals surface area contributed by atoms with Crippen molar-refractivity contribution in [2.45, 2.75) is 6.92 Å². The van der Waals surface area contributed by atoms with Crippen LogP contribution in [0.15, 0.2) is 48.5 Å². The fraction of sp³-hybridized carbons (Fsp3) is 0.125. The third-order valence-corrected chi connectivity index (χ3v) is 3.20. The van der Waals surface area contributed by atoms with Crippen molar-refractivity contribution in [1.29, 1.82) is 0 Å². The zero-order valence-electron chi connectivity index (χ0n) is 12.0. The summed E-state index contributed by atoms with van der Waals surface area (Å²) in [6.45, 7) is 1.48. The zero-order chi connectivity index (χ0) is 15.4. The van der Waals surface area contributed by atoms with Gasteiger partial charge in [0, 0.05) is 25.2 Å². The topological polar surface area (TPSA) is 75.4 Å². The first kappa shape index (κ1) is 14.6. The van der Waals surface area contributed by atoms with E-state index in [9.17, 15) is 9.59 Å². The molecule has 3 N–H and O–H groups in total. The molecule has 0 radical (unpaired) electrons. The third-order valence-electron chi connectivity index (χ3n) is 3.20. The number of nitrogens with one attached hydrogen (secondary N) is 1. The Balaban J connectivity index is 2.14. The van der Waals surface area contributed by atoms with Crippen molar-refractivity contribution < 1.29 is 9.59 Å². The molecule has 21 heavy (non-hydrogen) atoms. The lowest BCUT2D eigenvalue weighted by Gasteiger charge is -2.15. The number of amides is 2. The van der Waals surface area contributed by atoms with Crippen molar-refractivity contribution in [3.63, 3.8) is 0 Å².